The van der Waals surface area contributed by atoms with Gasteiger partial charge in [-0.3, -0.25) is 0 Å². The molecule has 0 atom stereocenters. The predicted octanol–water partition coefficient (Wildman–Crippen LogP) is 1.89. The molecule has 0 saturated carbocycles. The molecule has 1 N–H and O–H groups in total. The lowest BCUT2D eigenvalue weighted by Gasteiger charge is -2.01. The highest BCUT2D eigenvalue weighted by Crippen LogP contribution is 2.19. The summed E-state index contributed by atoms with van der Waals surface area (Å²) in [4.78, 5) is 1.54. The highest BCUT2D eigenvalue weighted by atomic mass is 16.5. The molecule has 1 heterocycles. The van der Waals surface area contributed by atoms with Gasteiger partial charge < -0.3 is 9.84 Å². The normalized spacial score (nSPS) is 10.6. The fourth-order valence-electron chi connectivity index (χ4n) is 2.10. The van der Waals surface area contributed by atoms with Gasteiger partial charge in [-0.25, -0.2) is 0 Å². The Bertz CT molecular complexity index is 753. The molecule has 0 bridgehead atoms. The molecule has 0 amide bonds. The minimum atomic E-state index is 0.0435. The summed E-state index contributed by atoms with van der Waals surface area (Å²) in [6.07, 6.45) is 0. The minimum Gasteiger partial charge on any atom is -0.497 e. The number of rotatable bonds is 5. The van der Waals surface area contributed by atoms with Crippen LogP contribution < -0.4 is 4.74 Å². The predicted molar refractivity (Wildman–Crippen MR) is 81.3 cm³/mol. The smallest absolute Gasteiger partial charge is 0.205 e. The maximum Gasteiger partial charge on any atom is 0.205 e. The number of hydrogen-bond donors (Lipinski definition) is 1. The quantitative estimate of drug-likeness (QED) is 0.778. The highest BCUT2D eigenvalue weighted by Gasteiger charge is 2.07. The van der Waals surface area contributed by atoms with Gasteiger partial charge in [0.25, 0.3) is 0 Å². The van der Waals surface area contributed by atoms with E-state index in [1.807, 2.05) is 48.5 Å². The number of aromatic nitrogens is 4. The van der Waals surface area contributed by atoms with Crippen LogP contribution in [0.15, 0.2) is 48.5 Å². The number of aliphatic hydroxyl groups excluding tert-OH is 1. The summed E-state index contributed by atoms with van der Waals surface area (Å²) in [6.45, 7) is 0.574. The molecule has 0 fully saturated rings. The van der Waals surface area contributed by atoms with E-state index < -0.39 is 0 Å². The number of tetrazole rings is 1. The molecular formula is C16H16N4O2. The van der Waals surface area contributed by atoms with Gasteiger partial charge in [0.1, 0.15) is 5.75 Å². The first kappa shape index (κ1) is 14.2. The van der Waals surface area contributed by atoms with E-state index >= 15 is 0 Å². The Labute approximate surface area is 128 Å². The molecule has 0 unspecified atom stereocenters. The summed E-state index contributed by atoms with van der Waals surface area (Å²) in [5.41, 5.74) is 2.79. The summed E-state index contributed by atoms with van der Waals surface area (Å²) in [6, 6.07) is 15.2. The molecule has 112 valence electrons. The van der Waals surface area contributed by atoms with Gasteiger partial charge in [0.05, 0.1) is 20.3 Å². The van der Waals surface area contributed by atoms with E-state index in [1.54, 1.807) is 11.9 Å². The zero-order valence-corrected chi connectivity index (χ0v) is 12.2. The molecule has 0 radical (unpaired) electrons. The van der Waals surface area contributed by atoms with Gasteiger partial charge in [-0.05, 0) is 28.5 Å². The molecule has 6 nitrogen and oxygen atoms in total. The third-order valence-corrected chi connectivity index (χ3v) is 3.31. The second-order valence-corrected chi connectivity index (χ2v) is 4.85. The van der Waals surface area contributed by atoms with Gasteiger partial charge in [0.15, 0.2) is 0 Å². The van der Waals surface area contributed by atoms with Crippen LogP contribution in [0, 0.1) is 0 Å². The second kappa shape index (κ2) is 6.36. The van der Waals surface area contributed by atoms with E-state index in [1.165, 1.54) is 0 Å². The second-order valence-electron chi connectivity index (χ2n) is 4.85. The first-order valence-electron chi connectivity index (χ1n) is 6.89. The van der Waals surface area contributed by atoms with Crippen molar-refractivity contribution < 1.29 is 9.84 Å². The molecule has 0 aliphatic heterocycles. The molecule has 22 heavy (non-hydrogen) atoms. The highest BCUT2D eigenvalue weighted by molar-refractivity contribution is 5.56. The minimum absolute atomic E-state index is 0.0435. The van der Waals surface area contributed by atoms with Gasteiger partial charge in [-0.2, -0.15) is 4.80 Å². The van der Waals surface area contributed by atoms with Gasteiger partial charge in [-0.15, -0.1) is 10.2 Å². The van der Waals surface area contributed by atoms with Crippen LogP contribution in [0.25, 0.3) is 11.4 Å². The number of nitrogens with zero attached hydrogens (tertiary/aromatic N) is 4. The largest absolute Gasteiger partial charge is 0.497 e. The molecule has 3 aromatic rings. The monoisotopic (exact) mass is 296 g/mol. The molecule has 2 aromatic carbocycles. The van der Waals surface area contributed by atoms with Crippen LogP contribution in [0.1, 0.15) is 11.1 Å². The number of methoxy groups -OCH3 is 1. The molecule has 0 saturated heterocycles. The first-order valence-corrected chi connectivity index (χ1v) is 6.89. The van der Waals surface area contributed by atoms with Crippen LogP contribution in [0.4, 0.5) is 0 Å². The Morgan fingerprint density at radius 3 is 2.59 bits per heavy atom. The Morgan fingerprint density at radius 1 is 1.09 bits per heavy atom. The summed E-state index contributed by atoms with van der Waals surface area (Å²) in [5, 5.41) is 21.6. The third kappa shape index (κ3) is 3.12. The fourth-order valence-corrected chi connectivity index (χ4v) is 2.10. The molecular weight excluding hydrogens is 280 g/mol. The van der Waals surface area contributed by atoms with Gasteiger partial charge in [0.2, 0.25) is 5.82 Å². The Hall–Kier alpha value is -2.73. The third-order valence-electron chi connectivity index (χ3n) is 3.31. The summed E-state index contributed by atoms with van der Waals surface area (Å²) >= 11 is 0. The van der Waals surface area contributed by atoms with Crippen LogP contribution in [-0.2, 0) is 13.2 Å². The van der Waals surface area contributed by atoms with Crippen molar-refractivity contribution in [2.75, 3.05) is 7.11 Å². The topological polar surface area (TPSA) is 73.1 Å². The van der Waals surface area contributed by atoms with Crippen molar-refractivity contribution in [2.45, 2.75) is 13.2 Å². The Morgan fingerprint density at radius 2 is 1.86 bits per heavy atom. The van der Waals surface area contributed by atoms with Crippen molar-refractivity contribution in [1.29, 1.82) is 0 Å². The zero-order chi connectivity index (χ0) is 15.4. The van der Waals surface area contributed by atoms with Crippen molar-refractivity contribution in [2.24, 2.45) is 0 Å². The molecule has 0 aliphatic carbocycles. The van der Waals surface area contributed by atoms with E-state index in [9.17, 15) is 0 Å². The van der Waals surface area contributed by atoms with E-state index in [4.69, 9.17) is 9.84 Å². The SMILES string of the molecule is COc1cccc(-c2nnn(Cc3ccc(CO)cc3)n2)c1. The molecule has 6 heteroatoms. The fraction of sp³-hybridized carbons (Fsp3) is 0.188. The van der Waals surface area contributed by atoms with E-state index in [0.29, 0.717) is 12.4 Å². The van der Waals surface area contributed by atoms with E-state index in [-0.39, 0.29) is 6.61 Å². The average molecular weight is 296 g/mol. The van der Waals surface area contributed by atoms with Crippen LogP contribution in [0.3, 0.4) is 0 Å². The van der Waals surface area contributed by atoms with Crippen molar-refractivity contribution in [1.82, 2.24) is 20.2 Å². The van der Waals surface area contributed by atoms with Gasteiger partial charge >= 0.3 is 0 Å². The number of aliphatic hydroxyl groups is 1. The standard InChI is InChI=1S/C16H16N4O2/c1-22-15-4-2-3-14(9-15)16-17-19-20(18-16)10-12-5-7-13(11-21)8-6-12/h2-9,21H,10-11H2,1H3. The lowest BCUT2D eigenvalue weighted by atomic mass is 10.1. The van der Waals surface area contributed by atoms with Crippen LogP contribution in [0.5, 0.6) is 5.75 Å². The Kier molecular flexibility index (Phi) is 4.11. The first-order chi connectivity index (χ1) is 10.8. The number of ether oxygens (including phenoxy) is 1. The van der Waals surface area contributed by atoms with Crippen LogP contribution >= 0.6 is 0 Å². The molecule has 3 rings (SSSR count). The maximum absolute atomic E-state index is 9.04. The van der Waals surface area contributed by atoms with Crippen LogP contribution in [0.2, 0.25) is 0 Å². The zero-order valence-electron chi connectivity index (χ0n) is 12.2. The van der Waals surface area contributed by atoms with Gasteiger partial charge in [-0.1, -0.05) is 36.4 Å². The van der Waals surface area contributed by atoms with Crippen molar-refractivity contribution in [3.05, 3.63) is 59.7 Å². The number of benzene rings is 2. The summed E-state index contributed by atoms with van der Waals surface area (Å²) < 4.78 is 5.20. The number of hydrogen-bond acceptors (Lipinski definition) is 5. The van der Waals surface area contributed by atoms with E-state index in [2.05, 4.69) is 15.4 Å². The molecule has 0 spiro atoms. The van der Waals surface area contributed by atoms with Crippen molar-refractivity contribution in [3.63, 3.8) is 0 Å². The summed E-state index contributed by atoms with van der Waals surface area (Å²) in [5.74, 6) is 1.32. The maximum atomic E-state index is 9.04. The average Bonchev–Trinajstić information content (AvgIpc) is 3.04. The lowest BCUT2D eigenvalue weighted by molar-refractivity contribution is 0.282. The lowest BCUT2D eigenvalue weighted by Crippen LogP contribution is -2.04. The summed E-state index contributed by atoms with van der Waals surface area (Å²) in [7, 11) is 1.62. The van der Waals surface area contributed by atoms with E-state index in [0.717, 1.165) is 22.4 Å². The van der Waals surface area contributed by atoms with Crippen molar-refractivity contribution >= 4 is 0 Å². The molecule has 1 aromatic heterocycles. The van der Waals surface area contributed by atoms with Crippen LogP contribution in [-0.4, -0.2) is 32.4 Å². The molecule has 0 aliphatic rings. The van der Waals surface area contributed by atoms with Gasteiger partial charge in [0, 0.05) is 5.56 Å². The Balaban J connectivity index is 1.77. The van der Waals surface area contributed by atoms with Crippen molar-refractivity contribution in [3.8, 4) is 17.1 Å².